The molecule has 0 aliphatic rings. The Balaban J connectivity index is 2.09. The lowest BCUT2D eigenvalue weighted by Crippen LogP contribution is -2.30. The maximum atomic E-state index is 10.5. The predicted octanol–water partition coefficient (Wildman–Crippen LogP) is 1.53. The molecule has 0 fully saturated rings. The topological polar surface area (TPSA) is 76.2 Å². The van der Waals surface area contributed by atoms with Crippen molar-refractivity contribution in [1.29, 1.82) is 0 Å². The molecule has 0 bridgehead atoms. The van der Waals surface area contributed by atoms with Gasteiger partial charge in [-0.2, -0.15) is 11.8 Å². The van der Waals surface area contributed by atoms with E-state index < -0.39 is 12.0 Å². The number of hydrogen-bond acceptors (Lipinski definition) is 5. The second-order valence-corrected chi connectivity index (χ2v) is 5.62. The van der Waals surface area contributed by atoms with Gasteiger partial charge in [0.25, 0.3) is 0 Å². The Hall–Kier alpha value is -0.590. The van der Waals surface area contributed by atoms with E-state index in [2.05, 4.69) is 4.98 Å². The Morgan fingerprint density at radius 1 is 1.69 bits per heavy atom. The fraction of sp³-hybridized carbons (Fsp3) is 0.600. The summed E-state index contributed by atoms with van der Waals surface area (Å²) < 4.78 is 0. The number of rotatable bonds is 7. The molecule has 0 spiro atoms. The first-order valence-corrected chi connectivity index (χ1v) is 7.09. The smallest absolute Gasteiger partial charge is 0.320 e. The molecule has 16 heavy (non-hydrogen) atoms. The van der Waals surface area contributed by atoms with Gasteiger partial charge in [-0.3, -0.25) is 4.79 Å². The highest BCUT2D eigenvalue weighted by molar-refractivity contribution is 7.99. The third-order valence-corrected chi connectivity index (χ3v) is 4.22. The van der Waals surface area contributed by atoms with E-state index in [0.29, 0.717) is 6.42 Å². The minimum absolute atomic E-state index is 0.529. The molecule has 0 aliphatic heterocycles. The second-order valence-electron chi connectivity index (χ2n) is 3.46. The van der Waals surface area contributed by atoms with Gasteiger partial charge >= 0.3 is 5.97 Å². The second kappa shape index (κ2) is 6.88. The van der Waals surface area contributed by atoms with Crippen LogP contribution < -0.4 is 5.73 Å². The third-order valence-electron chi connectivity index (χ3n) is 2.21. The van der Waals surface area contributed by atoms with Crippen molar-refractivity contribution in [3.63, 3.8) is 0 Å². The van der Waals surface area contributed by atoms with Gasteiger partial charge in [0.2, 0.25) is 0 Å². The lowest BCUT2D eigenvalue weighted by molar-refractivity contribution is -0.138. The summed E-state index contributed by atoms with van der Waals surface area (Å²) in [5.74, 6) is 0.875. The first-order valence-electron chi connectivity index (χ1n) is 5.06. The Bertz CT molecular complexity index is 341. The van der Waals surface area contributed by atoms with Crippen molar-refractivity contribution in [1.82, 2.24) is 4.98 Å². The van der Waals surface area contributed by atoms with E-state index in [4.69, 9.17) is 10.8 Å². The van der Waals surface area contributed by atoms with Gasteiger partial charge in [-0.25, -0.2) is 4.98 Å². The van der Waals surface area contributed by atoms with Crippen molar-refractivity contribution in [2.45, 2.75) is 25.8 Å². The number of carboxylic acids is 1. The molecule has 90 valence electrons. The maximum Gasteiger partial charge on any atom is 0.320 e. The molecule has 6 heteroatoms. The van der Waals surface area contributed by atoms with Gasteiger partial charge in [0, 0.05) is 4.88 Å². The molecular formula is C10H16N2O2S2. The maximum absolute atomic E-state index is 10.5. The van der Waals surface area contributed by atoms with Crippen molar-refractivity contribution < 1.29 is 9.90 Å². The largest absolute Gasteiger partial charge is 0.480 e. The van der Waals surface area contributed by atoms with Crippen molar-refractivity contribution >= 4 is 29.1 Å². The molecule has 4 nitrogen and oxygen atoms in total. The van der Waals surface area contributed by atoms with Gasteiger partial charge in [-0.1, -0.05) is 0 Å². The summed E-state index contributed by atoms with van der Waals surface area (Å²) >= 11 is 3.42. The summed E-state index contributed by atoms with van der Waals surface area (Å²) in [5.41, 5.74) is 8.36. The Morgan fingerprint density at radius 2 is 2.44 bits per heavy atom. The highest BCUT2D eigenvalue weighted by Crippen LogP contribution is 2.15. The summed E-state index contributed by atoms with van der Waals surface area (Å²) in [4.78, 5) is 15.9. The standard InChI is InChI=1S/C10H16N2O2S2/c1-7-9(16-6-12-7)3-5-15-4-2-8(11)10(13)14/h6,8H,2-5,11H2,1H3,(H,13,14). The first kappa shape index (κ1) is 13.5. The van der Waals surface area contributed by atoms with Crippen LogP contribution in [-0.4, -0.2) is 33.6 Å². The van der Waals surface area contributed by atoms with E-state index in [1.165, 1.54) is 4.88 Å². The van der Waals surface area contributed by atoms with Gasteiger partial charge < -0.3 is 10.8 Å². The molecule has 1 atom stereocenters. The molecule has 0 saturated heterocycles. The molecule has 0 radical (unpaired) electrons. The minimum atomic E-state index is -0.918. The van der Waals surface area contributed by atoms with Gasteiger partial charge in [0.05, 0.1) is 11.2 Å². The summed E-state index contributed by atoms with van der Waals surface area (Å²) in [6, 6.07) is -0.724. The molecular weight excluding hydrogens is 244 g/mol. The van der Waals surface area contributed by atoms with Crippen LogP contribution in [0.3, 0.4) is 0 Å². The zero-order valence-electron chi connectivity index (χ0n) is 9.18. The number of thiazole rings is 1. The van der Waals surface area contributed by atoms with Crippen LogP contribution in [0.4, 0.5) is 0 Å². The van der Waals surface area contributed by atoms with Crippen LogP contribution in [0.25, 0.3) is 0 Å². The van der Waals surface area contributed by atoms with E-state index in [1.807, 2.05) is 12.4 Å². The van der Waals surface area contributed by atoms with Crippen LogP contribution in [0.5, 0.6) is 0 Å². The van der Waals surface area contributed by atoms with E-state index in [0.717, 1.165) is 23.6 Å². The van der Waals surface area contributed by atoms with Crippen molar-refractivity contribution in [2.75, 3.05) is 11.5 Å². The van der Waals surface area contributed by atoms with Crippen LogP contribution in [0.2, 0.25) is 0 Å². The van der Waals surface area contributed by atoms with Gasteiger partial charge in [-0.15, -0.1) is 11.3 Å². The lowest BCUT2D eigenvalue weighted by Gasteiger charge is -2.05. The molecule has 1 heterocycles. The number of carbonyl (C=O) groups is 1. The van der Waals surface area contributed by atoms with Gasteiger partial charge in [-0.05, 0) is 31.3 Å². The Kier molecular flexibility index (Phi) is 5.79. The quantitative estimate of drug-likeness (QED) is 0.727. The predicted molar refractivity (Wildman–Crippen MR) is 68.1 cm³/mol. The number of aryl methyl sites for hydroxylation is 2. The van der Waals surface area contributed by atoms with Crippen molar-refractivity contribution in [3.05, 3.63) is 16.1 Å². The van der Waals surface area contributed by atoms with Crippen molar-refractivity contribution in [3.8, 4) is 0 Å². The molecule has 0 saturated carbocycles. The average molecular weight is 260 g/mol. The van der Waals surface area contributed by atoms with Crippen LogP contribution in [0, 0.1) is 6.92 Å². The summed E-state index contributed by atoms with van der Waals surface area (Å²) in [6.45, 7) is 2.01. The van der Waals surface area contributed by atoms with Crippen LogP contribution in [0.1, 0.15) is 17.0 Å². The Morgan fingerprint density at radius 3 is 3.00 bits per heavy atom. The van der Waals surface area contributed by atoms with Gasteiger partial charge in [0.1, 0.15) is 6.04 Å². The van der Waals surface area contributed by atoms with Crippen LogP contribution in [0.15, 0.2) is 5.51 Å². The van der Waals surface area contributed by atoms with Crippen LogP contribution in [-0.2, 0) is 11.2 Å². The SMILES string of the molecule is Cc1ncsc1CCSCCC(N)C(=O)O. The highest BCUT2D eigenvalue weighted by Gasteiger charge is 2.10. The molecule has 1 aromatic heterocycles. The van der Waals surface area contributed by atoms with E-state index >= 15 is 0 Å². The monoisotopic (exact) mass is 260 g/mol. The van der Waals surface area contributed by atoms with E-state index in [9.17, 15) is 4.79 Å². The normalized spacial score (nSPS) is 12.6. The molecule has 3 N–H and O–H groups in total. The Labute approximate surface area is 103 Å². The summed E-state index contributed by atoms with van der Waals surface area (Å²) in [5, 5.41) is 8.58. The van der Waals surface area contributed by atoms with Gasteiger partial charge in [0.15, 0.2) is 0 Å². The zero-order chi connectivity index (χ0) is 12.0. The van der Waals surface area contributed by atoms with Crippen molar-refractivity contribution in [2.24, 2.45) is 5.73 Å². The number of nitrogens with two attached hydrogens (primary N) is 1. The summed E-state index contributed by atoms with van der Waals surface area (Å²) in [7, 11) is 0. The lowest BCUT2D eigenvalue weighted by atomic mass is 10.2. The third kappa shape index (κ3) is 4.51. The number of nitrogens with zero attached hydrogens (tertiary/aromatic N) is 1. The molecule has 0 aliphatic carbocycles. The fourth-order valence-corrected chi connectivity index (χ4v) is 3.05. The van der Waals surface area contributed by atoms with E-state index in [1.54, 1.807) is 23.1 Å². The fourth-order valence-electron chi connectivity index (χ4n) is 1.17. The highest BCUT2D eigenvalue weighted by atomic mass is 32.2. The number of aromatic nitrogens is 1. The molecule has 1 rings (SSSR count). The minimum Gasteiger partial charge on any atom is -0.480 e. The summed E-state index contributed by atoms with van der Waals surface area (Å²) in [6.07, 6.45) is 1.53. The molecule has 0 aromatic carbocycles. The van der Waals surface area contributed by atoms with Crippen LogP contribution >= 0.6 is 23.1 Å². The zero-order valence-corrected chi connectivity index (χ0v) is 10.8. The van der Waals surface area contributed by atoms with E-state index in [-0.39, 0.29) is 0 Å². The number of aliphatic carboxylic acids is 1. The number of carboxylic acid groups (broad SMARTS) is 1. The molecule has 1 unspecified atom stereocenters. The molecule has 0 amide bonds. The molecule has 1 aromatic rings. The first-order chi connectivity index (χ1) is 7.61. The number of thioether (sulfide) groups is 1. The average Bonchev–Trinajstić information content (AvgIpc) is 2.63. The number of hydrogen-bond donors (Lipinski definition) is 2.